The van der Waals surface area contributed by atoms with Crippen molar-refractivity contribution in [1.29, 1.82) is 0 Å². The van der Waals surface area contributed by atoms with Crippen molar-refractivity contribution in [2.45, 2.75) is 105 Å². The highest BCUT2D eigenvalue weighted by atomic mass is 19.3. The maximum atomic E-state index is 14.6. The van der Waals surface area contributed by atoms with E-state index in [1.165, 1.54) is 0 Å². The lowest BCUT2D eigenvalue weighted by molar-refractivity contribution is -0.160. The summed E-state index contributed by atoms with van der Waals surface area (Å²) >= 11 is 0. The average Bonchev–Trinajstić information content (AvgIpc) is 3.39. The molecular formula is C33H41F2N3O3. The first-order valence-electron chi connectivity index (χ1n) is 15.0. The molecule has 6 nitrogen and oxygen atoms in total. The van der Waals surface area contributed by atoms with E-state index in [9.17, 15) is 18.4 Å². The monoisotopic (exact) mass is 565 g/mol. The molecule has 0 saturated heterocycles. The van der Waals surface area contributed by atoms with Crippen molar-refractivity contribution >= 4 is 11.6 Å². The van der Waals surface area contributed by atoms with Gasteiger partial charge in [0.05, 0.1) is 6.57 Å². The molecule has 1 aromatic rings. The van der Waals surface area contributed by atoms with Gasteiger partial charge in [-0.3, -0.25) is 4.79 Å². The van der Waals surface area contributed by atoms with Gasteiger partial charge in [-0.05, 0) is 79.1 Å². The number of fused-ring (bicyclic) bond motifs is 7. The van der Waals surface area contributed by atoms with Gasteiger partial charge in [-0.15, -0.1) is 0 Å². The molecule has 41 heavy (non-hydrogen) atoms. The van der Waals surface area contributed by atoms with Crippen LogP contribution in [0.4, 0.5) is 8.78 Å². The number of aromatic nitrogens is 2. The van der Waals surface area contributed by atoms with Crippen LogP contribution in [0.25, 0.3) is 4.85 Å². The van der Waals surface area contributed by atoms with E-state index in [0.29, 0.717) is 12.2 Å². The smallest absolute Gasteiger partial charge is 0.315 e. The lowest BCUT2D eigenvalue weighted by atomic mass is 9.34. The number of nitrogens with zero attached hydrogens (tertiary/aromatic N) is 3. The van der Waals surface area contributed by atoms with E-state index in [1.54, 1.807) is 0 Å². The SMILES string of the molecule is [C-]#[N+]C1=C[C@]2(C)C3=CC(=O)[C@@H]4[C@@H]5CC(C)(C)CC[C@]5(c5noc(C(F)F)n5)CC[C@@]4(C)[C@]3(C)CC[C@H]2C(C)(C)C1=O. The first kappa shape index (κ1) is 28.4. The van der Waals surface area contributed by atoms with E-state index in [1.807, 2.05) is 26.0 Å². The first-order valence-corrected chi connectivity index (χ1v) is 15.0. The highest BCUT2D eigenvalue weighted by Gasteiger charge is 2.70. The maximum absolute atomic E-state index is 14.6. The van der Waals surface area contributed by atoms with Crippen molar-refractivity contribution in [3.8, 4) is 0 Å². The van der Waals surface area contributed by atoms with Crippen LogP contribution in [0.5, 0.6) is 0 Å². The molecule has 0 N–H and O–H groups in total. The molecule has 0 spiro atoms. The van der Waals surface area contributed by atoms with Crippen molar-refractivity contribution < 1.29 is 22.9 Å². The van der Waals surface area contributed by atoms with E-state index in [4.69, 9.17) is 11.1 Å². The molecule has 6 rings (SSSR count). The number of allylic oxidation sites excluding steroid dienone is 4. The van der Waals surface area contributed by atoms with Gasteiger partial charge in [-0.2, -0.15) is 13.8 Å². The van der Waals surface area contributed by atoms with E-state index >= 15 is 0 Å². The highest BCUT2D eigenvalue weighted by Crippen LogP contribution is 2.74. The second kappa shape index (κ2) is 8.45. The largest absolute Gasteiger partial charge is 0.333 e. The van der Waals surface area contributed by atoms with Crippen LogP contribution >= 0.6 is 0 Å². The third-order valence-corrected chi connectivity index (χ3v) is 12.9. The summed E-state index contributed by atoms with van der Waals surface area (Å²) in [7, 11) is 0. The molecule has 0 aliphatic heterocycles. The van der Waals surface area contributed by atoms with Gasteiger partial charge in [-0.1, -0.05) is 65.3 Å². The third kappa shape index (κ3) is 3.50. The van der Waals surface area contributed by atoms with E-state index in [0.717, 1.165) is 44.1 Å². The van der Waals surface area contributed by atoms with Crippen molar-refractivity contribution in [1.82, 2.24) is 10.1 Å². The summed E-state index contributed by atoms with van der Waals surface area (Å²) < 4.78 is 32.1. The fourth-order valence-corrected chi connectivity index (χ4v) is 10.5. The summed E-state index contributed by atoms with van der Waals surface area (Å²) in [5.74, 6) is -0.808. The number of alkyl halides is 2. The van der Waals surface area contributed by atoms with Crippen LogP contribution < -0.4 is 0 Å². The molecule has 0 radical (unpaired) electrons. The Morgan fingerprint density at radius 3 is 2.34 bits per heavy atom. The van der Waals surface area contributed by atoms with Gasteiger partial charge in [0.1, 0.15) is 0 Å². The number of ketones is 2. The van der Waals surface area contributed by atoms with Crippen molar-refractivity contribution in [2.75, 3.05) is 0 Å². The van der Waals surface area contributed by atoms with Gasteiger partial charge in [0.15, 0.2) is 17.4 Å². The molecule has 3 saturated carbocycles. The fourth-order valence-electron chi connectivity index (χ4n) is 10.5. The number of carbonyl (C=O) groups is 2. The normalized spacial score (nSPS) is 42.7. The van der Waals surface area contributed by atoms with Crippen molar-refractivity contribution in [3.05, 3.63) is 46.6 Å². The summed E-state index contributed by atoms with van der Waals surface area (Å²) in [6, 6.07) is 0. The molecule has 1 aromatic heterocycles. The lowest BCUT2D eigenvalue weighted by Crippen LogP contribution is -2.65. The van der Waals surface area contributed by atoms with Gasteiger partial charge in [0.25, 0.3) is 5.89 Å². The van der Waals surface area contributed by atoms with Crippen LogP contribution in [0.15, 0.2) is 27.9 Å². The Morgan fingerprint density at radius 2 is 1.71 bits per heavy atom. The second-order valence-corrected chi connectivity index (χ2v) is 15.6. The molecule has 0 bridgehead atoms. The van der Waals surface area contributed by atoms with E-state index < -0.39 is 34.0 Å². The molecule has 0 aromatic carbocycles. The zero-order chi connectivity index (χ0) is 30.0. The van der Waals surface area contributed by atoms with Gasteiger partial charge in [0.2, 0.25) is 5.70 Å². The molecular weight excluding hydrogens is 524 g/mol. The number of hydrogen-bond donors (Lipinski definition) is 0. The molecule has 8 heteroatoms. The first-order chi connectivity index (χ1) is 19.0. The number of rotatable bonds is 2. The minimum Gasteiger partial charge on any atom is -0.333 e. The predicted octanol–water partition coefficient (Wildman–Crippen LogP) is 7.83. The minimum atomic E-state index is -2.84. The topological polar surface area (TPSA) is 77.4 Å². The molecule has 220 valence electrons. The van der Waals surface area contributed by atoms with Crippen LogP contribution in [-0.2, 0) is 15.0 Å². The Labute approximate surface area is 241 Å². The number of carbonyl (C=O) groups excluding carboxylic acids is 2. The summed E-state index contributed by atoms with van der Waals surface area (Å²) in [5.41, 5.74) is -1.41. The summed E-state index contributed by atoms with van der Waals surface area (Å²) in [6.45, 7) is 22.8. The molecule has 5 aliphatic rings. The molecule has 1 heterocycles. The lowest BCUT2D eigenvalue weighted by Gasteiger charge is -2.69. The Morgan fingerprint density at radius 1 is 1.02 bits per heavy atom. The zero-order valence-electron chi connectivity index (χ0n) is 25.2. The summed E-state index contributed by atoms with van der Waals surface area (Å²) in [4.78, 5) is 35.7. The molecule has 7 atom stereocenters. The minimum absolute atomic E-state index is 0.0105. The van der Waals surface area contributed by atoms with Crippen LogP contribution in [-0.4, -0.2) is 21.7 Å². The van der Waals surface area contributed by atoms with Gasteiger partial charge >= 0.3 is 6.43 Å². The van der Waals surface area contributed by atoms with Crippen LogP contribution in [0.1, 0.15) is 112 Å². The van der Waals surface area contributed by atoms with Gasteiger partial charge in [-0.25, -0.2) is 4.85 Å². The van der Waals surface area contributed by atoms with Crippen molar-refractivity contribution in [3.63, 3.8) is 0 Å². The van der Waals surface area contributed by atoms with Crippen molar-refractivity contribution in [2.24, 2.45) is 44.8 Å². The highest BCUT2D eigenvalue weighted by molar-refractivity contribution is 6.03. The van der Waals surface area contributed by atoms with Crippen LogP contribution in [0.3, 0.4) is 0 Å². The van der Waals surface area contributed by atoms with Crippen LogP contribution in [0, 0.1) is 51.4 Å². The Hall–Kier alpha value is -2.69. The maximum Gasteiger partial charge on any atom is 0.315 e. The second-order valence-electron chi connectivity index (χ2n) is 15.6. The fraction of sp³-hybridized carbons (Fsp3) is 0.727. The molecule has 0 unspecified atom stereocenters. The molecule has 0 amide bonds. The zero-order valence-corrected chi connectivity index (χ0v) is 25.2. The Kier molecular flexibility index (Phi) is 5.86. The number of Topliss-reactive ketones (excluding diaryl/α,β-unsaturated/α-hetero) is 1. The quantitative estimate of drug-likeness (QED) is 0.342. The Balaban J connectivity index is 1.52. The third-order valence-electron chi connectivity index (χ3n) is 12.9. The molecule has 5 aliphatic carbocycles. The van der Waals surface area contributed by atoms with Gasteiger partial charge < -0.3 is 9.32 Å². The van der Waals surface area contributed by atoms with E-state index in [-0.39, 0.29) is 45.8 Å². The average molecular weight is 566 g/mol. The van der Waals surface area contributed by atoms with Gasteiger partial charge in [0, 0.05) is 22.2 Å². The number of hydrogen-bond acceptors (Lipinski definition) is 5. The summed E-state index contributed by atoms with van der Waals surface area (Å²) in [6.07, 6.45) is 6.39. The summed E-state index contributed by atoms with van der Waals surface area (Å²) in [5, 5.41) is 4.11. The van der Waals surface area contributed by atoms with E-state index in [2.05, 4.69) is 49.6 Å². The molecule has 3 fully saturated rings. The van der Waals surface area contributed by atoms with Crippen LogP contribution in [0.2, 0.25) is 0 Å². The standard InChI is InChI=1S/C33H41F2N3O3/c1-28(2)11-13-33(27-37-26(25(34)35)41-38-27)14-12-32(7)23(18(33)16-28)20(39)15-22-30(5)17-19(36-8)24(40)29(3,4)21(30)9-10-31(22,32)6/h15,17-18,21,23,25H,9-14,16H2,1-7H3/t18-,21-,23-,30-,31+,32+,33-/m0/s1. The Bertz CT molecular complexity index is 1450. The number of halogens is 2. The predicted molar refractivity (Wildman–Crippen MR) is 148 cm³/mol.